The molecule has 1 aromatic carbocycles. The predicted molar refractivity (Wildman–Crippen MR) is 54.5 cm³/mol. The van der Waals surface area contributed by atoms with Crippen LogP contribution in [0.15, 0.2) is 24.3 Å². The molecule has 0 unspecified atom stereocenters. The lowest BCUT2D eigenvalue weighted by Crippen LogP contribution is -2.28. The van der Waals surface area contributed by atoms with Crippen molar-refractivity contribution in [2.24, 2.45) is 0 Å². The van der Waals surface area contributed by atoms with E-state index >= 15 is 0 Å². The van der Waals surface area contributed by atoms with Crippen LogP contribution in [-0.4, -0.2) is 28.6 Å². The Morgan fingerprint density at radius 2 is 2.00 bits per heavy atom. The molecule has 2 rings (SSSR count). The normalized spacial score (nSPS) is 15.2. The van der Waals surface area contributed by atoms with Gasteiger partial charge in [-0.05, 0) is 30.7 Å². The number of benzene rings is 1. The fraction of sp³-hybridized carbons (Fsp3) is 0.273. The van der Waals surface area contributed by atoms with Crippen molar-refractivity contribution in [3.8, 4) is 5.75 Å². The Morgan fingerprint density at radius 3 is 2.56 bits per heavy atom. The molecule has 1 N–H and O–H groups in total. The molecule has 0 bridgehead atoms. The van der Waals surface area contributed by atoms with Crippen molar-refractivity contribution in [2.75, 3.05) is 6.54 Å². The van der Waals surface area contributed by atoms with Crippen LogP contribution in [0.2, 0.25) is 0 Å². The number of carbonyl (C=O) groups is 2. The molecule has 5 nitrogen and oxygen atoms in total. The Hall–Kier alpha value is -2.04. The summed E-state index contributed by atoms with van der Waals surface area (Å²) in [7, 11) is 0. The summed E-state index contributed by atoms with van der Waals surface area (Å²) < 4.78 is 0. The third-order valence-corrected chi connectivity index (χ3v) is 2.33. The number of phenols is 1. The number of amides is 1. The zero-order valence-electron chi connectivity index (χ0n) is 8.55. The van der Waals surface area contributed by atoms with E-state index in [1.54, 1.807) is 0 Å². The van der Waals surface area contributed by atoms with Gasteiger partial charge in [0.1, 0.15) is 5.75 Å². The first-order valence-electron chi connectivity index (χ1n) is 4.98. The van der Waals surface area contributed by atoms with Crippen molar-refractivity contribution in [2.45, 2.75) is 12.8 Å². The highest BCUT2D eigenvalue weighted by Crippen LogP contribution is 2.14. The molecular weight excluding hydrogens is 210 g/mol. The largest absolute Gasteiger partial charge is 0.508 e. The summed E-state index contributed by atoms with van der Waals surface area (Å²) >= 11 is 0. The van der Waals surface area contributed by atoms with E-state index in [2.05, 4.69) is 0 Å². The Labute approximate surface area is 92.2 Å². The topological polar surface area (TPSA) is 66.8 Å². The van der Waals surface area contributed by atoms with Crippen LogP contribution >= 0.6 is 0 Å². The summed E-state index contributed by atoms with van der Waals surface area (Å²) in [5.74, 6) is -0.684. The van der Waals surface area contributed by atoms with Crippen LogP contribution in [0.3, 0.4) is 0 Å². The summed E-state index contributed by atoms with van der Waals surface area (Å²) in [6.45, 7) is 0.447. The fourth-order valence-electron chi connectivity index (χ4n) is 1.47. The van der Waals surface area contributed by atoms with E-state index in [1.165, 1.54) is 24.3 Å². The summed E-state index contributed by atoms with van der Waals surface area (Å²) in [5, 5.41) is 10.1. The Balaban J connectivity index is 2.02. The van der Waals surface area contributed by atoms with Gasteiger partial charge in [0.25, 0.3) is 5.91 Å². The highest BCUT2D eigenvalue weighted by Gasteiger charge is 2.24. The molecule has 0 saturated carbocycles. The first kappa shape index (κ1) is 10.5. The highest BCUT2D eigenvalue weighted by molar-refractivity contribution is 5.90. The van der Waals surface area contributed by atoms with Gasteiger partial charge in [-0.15, -0.1) is 0 Å². The fourth-order valence-corrected chi connectivity index (χ4v) is 1.47. The number of phenolic OH excluding ortho intramolecular Hbond substituents is 1. The number of carbonyl (C=O) groups excluding carboxylic acids is 2. The quantitative estimate of drug-likeness (QED) is 0.811. The standard InChI is InChI=1S/C11H11NO4/c13-9-5-3-8(4-6-9)11(15)16-12-7-1-2-10(12)14/h3-6,13H,1-2,7H2. The maximum Gasteiger partial charge on any atom is 0.363 e. The van der Waals surface area contributed by atoms with Gasteiger partial charge in [-0.2, -0.15) is 5.06 Å². The molecule has 1 aliphatic heterocycles. The number of hydrogen-bond acceptors (Lipinski definition) is 4. The lowest BCUT2D eigenvalue weighted by Gasteiger charge is -2.14. The number of rotatable bonds is 2. The molecule has 0 aromatic heterocycles. The van der Waals surface area contributed by atoms with Gasteiger partial charge in [-0.1, -0.05) is 0 Å². The molecule has 0 atom stereocenters. The van der Waals surface area contributed by atoms with E-state index in [-0.39, 0.29) is 11.7 Å². The summed E-state index contributed by atoms with van der Waals surface area (Å²) in [6, 6.07) is 5.67. The molecule has 0 aliphatic carbocycles. The molecule has 1 aromatic rings. The molecular formula is C11H11NO4. The third kappa shape index (κ3) is 2.13. The average molecular weight is 221 g/mol. The molecule has 1 aliphatic rings. The summed E-state index contributed by atoms with van der Waals surface area (Å²) in [5.41, 5.74) is 0.303. The lowest BCUT2D eigenvalue weighted by molar-refractivity contribution is -0.159. The zero-order valence-corrected chi connectivity index (χ0v) is 8.55. The molecule has 0 radical (unpaired) electrons. The molecule has 5 heteroatoms. The van der Waals surface area contributed by atoms with Gasteiger partial charge >= 0.3 is 5.97 Å². The second-order valence-electron chi connectivity index (χ2n) is 3.53. The van der Waals surface area contributed by atoms with E-state index in [0.29, 0.717) is 24.9 Å². The molecule has 84 valence electrons. The number of nitrogens with zero attached hydrogens (tertiary/aromatic N) is 1. The minimum atomic E-state index is -0.588. The second-order valence-corrected chi connectivity index (χ2v) is 3.53. The van der Waals surface area contributed by atoms with Gasteiger partial charge < -0.3 is 9.94 Å². The first-order valence-corrected chi connectivity index (χ1v) is 4.98. The Kier molecular flexibility index (Phi) is 2.76. The average Bonchev–Trinajstić information content (AvgIpc) is 2.65. The van der Waals surface area contributed by atoms with E-state index in [9.17, 15) is 9.59 Å². The van der Waals surface area contributed by atoms with Crippen LogP contribution in [0.4, 0.5) is 0 Å². The van der Waals surface area contributed by atoms with Crippen LogP contribution < -0.4 is 0 Å². The van der Waals surface area contributed by atoms with Gasteiger partial charge in [-0.3, -0.25) is 4.79 Å². The van der Waals surface area contributed by atoms with Crippen molar-refractivity contribution in [3.63, 3.8) is 0 Å². The maximum absolute atomic E-state index is 11.6. The van der Waals surface area contributed by atoms with Gasteiger partial charge in [0.05, 0.1) is 12.1 Å². The molecule has 0 spiro atoms. The van der Waals surface area contributed by atoms with Crippen molar-refractivity contribution in [3.05, 3.63) is 29.8 Å². The minimum absolute atomic E-state index is 0.0776. The minimum Gasteiger partial charge on any atom is -0.508 e. The Morgan fingerprint density at radius 1 is 1.31 bits per heavy atom. The van der Waals surface area contributed by atoms with Crippen LogP contribution in [0.1, 0.15) is 23.2 Å². The first-order chi connectivity index (χ1) is 7.66. The van der Waals surface area contributed by atoms with E-state index in [4.69, 9.17) is 9.94 Å². The van der Waals surface area contributed by atoms with E-state index < -0.39 is 5.97 Å². The van der Waals surface area contributed by atoms with Gasteiger partial charge in [-0.25, -0.2) is 4.79 Å². The monoisotopic (exact) mass is 221 g/mol. The second kappa shape index (κ2) is 4.22. The smallest absolute Gasteiger partial charge is 0.363 e. The van der Waals surface area contributed by atoms with Crippen molar-refractivity contribution in [1.29, 1.82) is 0 Å². The third-order valence-electron chi connectivity index (χ3n) is 2.33. The maximum atomic E-state index is 11.6. The van der Waals surface area contributed by atoms with Gasteiger partial charge in [0, 0.05) is 6.42 Å². The van der Waals surface area contributed by atoms with Crippen LogP contribution in [-0.2, 0) is 9.63 Å². The molecule has 1 amide bonds. The van der Waals surface area contributed by atoms with Crippen molar-refractivity contribution >= 4 is 11.9 Å². The van der Waals surface area contributed by atoms with Gasteiger partial charge in [0.2, 0.25) is 0 Å². The van der Waals surface area contributed by atoms with Crippen molar-refractivity contribution < 1.29 is 19.5 Å². The number of aromatic hydroxyl groups is 1. The van der Waals surface area contributed by atoms with Crippen LogP contribution in [0.25, 0.3) is 0 Å². The van der Waals surface area contributed by atoms with Gasteiger partial charge in [0.15, 0.2) is 0 Å². The zero-order chi connectivity index (χ0) is 11.5. The predicted octanol–water partition coefficient (Wildman–Crippen LogP) is 1.09. The van der Waals surface area contributed by atoms with E-state index in [0.717, 1.165) is 5.06 Å². The lowest BCUT2D eigenvalue weighted by atomic mass is 10.2. The van der Waals surface area contributed by atoms with Crippen molar-refractivity contribution in [1.82, 2.24) is 5.06 Å². The molecule has 1 heterocycles. The van der Waals surface area contributed by atoms with Crippen LogP contribution in [0, 0.1) is 0 Å². The highest BCUT2D eigenvalue weighted by atomic mass is 16.7. The Bertz CT molecular complexity index is 412. The molecule has 1 saturated heterocycles. The summed E-state index contributed by atoms with van der Waals surface area (Å²) in [4.78, 5) is 27.7. The molecule has 1 fully saturated rings. The SMILES string of the molecule is O=C(ON1CCCC1=O)c1ccc(O)cc1. The van der Waals surface area contributed by atoms with E-state index in [1.807, 2.05) is 0 Å². The molecule has 16 heavy (non-hydrogen) atoms. The number of hydroxylamine groups is 2. The van der Waals surface area contributed by atoms with Crippen LogP contribution in [0.5, 0.6) is 5.75 Å². The summed E-state index contributed by atoms with van der Waals surface area (Å²) in [6.07, 6.45) is 1.13. The number of hydrogen-bond donors (Lipinski definition) is 1.